The van der Waals surface area contributed by atoms with Gasteiger partial charge < -0.3 is 15.2 Å². The molecule has 1 aliphatic rings. The van der Waals surface area contributed by atoms with E-state index in [-0.39, 0.29) is 0 Å². The Kier molecular flexibility index (Phi) is 6.31. The molecule has 2 N–H and O–H groups in total. The average Bonchev–Trinajstić information content (AvgIpc) is 2.71. The van der Waals surface area contributed by atoms with Crippen molar-refractivity contribution in [3.63, 3.8) is 0 Å². The van der Waals surface area contributed by atoms with E-state index in [0.717, 1.165) is 35.4 Å². The molecule has 0 spiro atoms. The molecule has 1 aliphatic carbocycles. The number of ether oxygens (including phenoxy) is 1. The van der Waals surface area contributed by atoms with Crippen molar-refractivity contribution in [3.05, 3.63) is 59.2 Å². The lowest BCUT2D eigenvalue weighted by molar-refractivity contribution is 0.0697. The van der Waals surface area contributed by atoms with Crippen LogP contribution in [0.1, 0.15) is 61.0 Å². The fourth-order valence-corrected chi connectivity index (χ4v) is 4.39. The monoisotopic (exact) mass is 393 g/mol. The average molecular weight is 394 g/mol. The number of hydrogen-bond donors (Lipinski definition) is 2. The number of allylic oxidation sites excluding steroid dienone is 1. The number of carboxylic acid groups (broad SMARTS) is 1. The summed E-state index contributed by atoms with van der Waals surface area (Å²) in [7, 11) is 3.52. The topological polar surface area (TPSA) is 58.6 Å². The molecule has 2 aromatic carbocycles. The van der Waals surface area contributed by atoms with Gasteiger partial charge in [-0.2, -0.15) is 0 Å². The van der Waals surface area contributed by atoms with Gasteiger partial charge in [0.05, 0.1) is 12.7 Å². The molecule has 1 saturated carbocycles. The first-order valence-corrected chi connectivity index (χ1v) is 10.2. The van der Waals surface area contributed by atoms with Crippen LogP contribution in [0, 0.1) is 11.3 Å². The lowest BCUT2D eigenvalue weighted by atomic mass is 9.68. The summed E-state index contributed by atoms with van der Waals surface area (Å²) < 4.78 is 5.29. The SMILES string of the molecule is CNc1cc(C(=O)O)ccc1/C(=C/c1ccc(OC)cc1)C1CCCC(C)(C)C1. The van der Waals surface area contributed by atoms with E-state index in [1.54, 1.807) is 19.2 Å². The van der Waals surface area contributed by atoms with Gasteiger partial charge in [-0.05, 0) is 66.0 Å². The van der Waals surface area contributed by atoms with Crippen molar-refractivity contribution in [1.82, 2.24) is 0 Å². The minimum absolute atomic E-state index is 0.297. The third kappa shape index (κ3) is 5.00. The van der Waals surface area contributed by atoms with Crippen molar-refractivity contribution < 1.29 is 14.6 Å². The Labute approximate surface area is 173 Å². The number of methoxy groups -OCH3 is 1. The molecule has 0 aromatic heterocycles. The van der Waals surface area contributed by atoms with Crippen molar-refractivity contribution in [1.29, 1.82) is 0 Å². The molecule has 0 aliphatic heterocycles. The predicted octanol–water partition coefficient (Wildman–Crippen LogP) is 6.19. The molecule has 2 aromatic rings. The summed E-state index contributed by atoms with van der Waals surface area (Å²) in [4.78, 5) is 11.4. The lowest BCUT2D eigenvalue weighted by Crippen LogP contribution is -2.23. The highest BCUT2D eigenvalue weighted by Crippen LogP contribution is 2.46. The van der Waals surface area contributed by atoms with Crippen LogP contribution in [0.25, 0.3) is 11.6 Å². The van der Waals surface area contributed by atoms with Crippen LogP contribution in [0.15, 0.2) is 42.5 Å². The van der Waals surface area contributed by atoms with Gasteiger partial charge >= 0.3 is 5.97 Å². The molecular weight excluding hydrogens is 362 g/mol. The van der Waals surface area contributed by atoms with Gasteiger partial charge in [0.25, 0.3) is 0 Å². The van der Waals surface area contributed by atoms with Gasteiger partial charge in [-0.25, -0.2) is 4.79 Å². The minimum Gasteiger partial charge on any atom is -0.497 e. The molecular formula is C25H31NO3. The van der Waals surface area contributed by atoms with Crippen LogP contribution in [0.3, 0.4) is 0 Å². The minimum atomic E-state index is -0.910. The van der Waals surface area contributed by atoms with E-state index in [1.165, 1.54) is 18.4 Å². The number of hydrogen-bond acceptors (Lipinski definition) is 3. The first-order chi connectivity index (χ1) is 13.8. The standard InChI is InChI=1S/C25H31NO3/c1-25(2)13-5-6-19(16-25)22(14-17-7-10-20(29-4)11-8-17)21-12-9-18(24(27)28)15-23(21)26-3/h7-12,14-15,19,26H,5-6,13,16H2,1-4H3,(H,27,28)/b22-14+. The summed E-state index contributed by atoms with van der Waals surface area (Å²) >= 11 is 0. The first kappa shape index (κ1) is 21.0. The molecule has 29 heavy (non-hydrogen) atoms. The van der Waals surface area contributed by atoms with E-state index in [9.17, 15) is 9.90 Å². The number of anilines is 1. The van der Waals surface area contributed by atoms with Crippen LogP contribution in [-0.2, 0) is 0 Å². The van der Waals surface area contributed by atoms with Crippen LogP contribution in [0.5, 0.6) is 5.75 Å². The molecule has 1 unspecified atom stereocenters. The molecule has 0 heterocycles. The quantitative estimate of drug-likeness (QED) is 0.574. The highest BCUT2D eigenvalue weighted by Gasteiger charge is 2.31. The molecule has 0 bridgehead atoms. The second-order valence-corrected chi connectivity index (χ2v) is 8.65. The fourth-order valence-electron chi connectivity index (χ4n) is 4.39. The molecule has 0 radical (unpaired) electrons. The van der Waals surface area contributed by atoms with Crippen LogP contribution in [-0.4, -0.2) is 25.2 Å². The normalized spacial score (nSPS) is 18.9. The lowest BCUT2D eigenvalue weighted by Gasteiger charge is -2.37. The summed E-state index contributed by atoms with van der Waals surface area (Å²) in [6.45, 7) is 4.69. The molecule has 0 amide bonds. The number of aromatic carboxylic acids is 1. The van der Waals surface area contributed by atoms with Crippen molar-refractivity contribution in [2.45, 2.75) is 39.5 Å². The maximum absolute atomic E-state index is 11.4. The van der Waals surface area contributed by atoms with E-state index in [4.69, 9.17) is 4.74 Å². The van der Waals surface area contributed by atoms with Gasteiger partial charge in [-0.15, -0.1) is 0 Å². The first-order valence-electron chi connectivity index (χ1n) is 10.2. The third-order valence-corrected chi connectivity index (χ3v) is 5.93. The van der Waals surface area contributed by atoms with Crippen LogP contribution >= 0.6 is 0 Å². The number of carboxylic acids is 1. The van der Waals surface area contributed by atoms with Gasteiger partial charge in [-0.1, -0.05) is 44.5 Å². The fraction of sp³-hybridized carbons (Fsp3) is 0.400. The summed E-state index contributed by atoms with van der Waals surface area (Å²) in [5, 5.41) is 12.6. The van der Waals surface area contributed by atoms with Gasteiger partial charge in [0.15, 0.2) is 0 Å². The molecule has 1 atom stereocenters. The number of benzene rings is 2. The maximum Gasteiger partial charge on any atom is 0.335 e. The predicted molar refractivity (Wildman–Crippen MR) is 120 cm³/mol. The number of carbonyl (C=O) groups is 1. The molecule has 4 nitrogen and oxygen atoms in total. The second kappa shape index (κ2) is 8.73. The molecule has 3 rings (SSSR count). The Morgan fingerprint density at radius 1 is 1.21 bits per heavy atom. The number of nitrogens with one attached hydrogen (secondary N) is 1. The maximum atomic E-state index is 11.4. The Bertz CT molecular complexity index is 897. The van der Waals surface area contributed by atoms with Crippen molar-refractivity contribution in [2.75, 3.05) is 19.5 Å². The Balaban J connectivity index is 2.09. The Morgan fingerprint density at radius 3 is 2.52 bits per heavy atom. The summed E-state index contributed by atoms with van der Waals surface area (Å²) in [6.07, 6.45) is 6.98. The summed E-state index contributed by atoms with van der Waals surface area (Å²) in [6, 6.07) is 13.5. The summed E-state index contributed by atoms with van der Waals surface area (Å²) in [5.74, 6) is 0.361. The largest absolute Gasteiger partial charge is 0.497 e. The number of rotatable bonds is 6. The molecule has 1 fully saturated rings. The van der Waals surface area contributed by atoms with Crippen molar-refractivity contribution in [3.8, 4) is 5.75 Å². The second-order valence-electron chi connectivity index (χ2n) is 8.65. The van der Waals surface area contributed by atoms with Crippen LogP contribution in [0.2, 0.25) is 0 Å². The zero-order chi connectivity index (χ0) is 21.0. The smallest absolute Gasteiger partial charge is 0.335 e. The van der Waals surface area contributed by atoms with E-state index < -0.39 is 5.97 Å². The molecule has 4 heteroatoms. The Hall–Kier alpha value is -2.75. The van der Waals surface area contributed by atoms with Gasteiger partial charge in [0, 0.05) is 18.3 Å². The zero-order valence-corrected chi connectivity index (χ0v) is 17.8. The van der Waals surface area contributed by atoms with Crippen LogP contribution in [0.4, 0.5) is 5.69 Å². The van der Waals surface area contributed by atoms with Crippen LogP contribution < -0.4 is 10.1 Å². The van der Waals surface area contributed by atoms with E-state index in [2.05, 4.69) is 37.4 Å². The van der Waals surface area contributed by atoms with Crippen molar-refractivity contribution in [2.24, 2.45) is 11.3 Å². The van der Waals surface area contributed by atoms with E-state index in [1.807, 2.05) is 25.2 Å². The van der Waals surface area contributed by atoms with Crippen molar-refractivity contribution >= 4 is 23.3 Å². The van der Waals surface area contributed by atoms with Gasteiger partial charge in [-0.3, -0.25) is 0 Å². The highest BCUT2D eigenvalue weighted by molar-refractivity contribution is 5.93. The molecule has 0 saturated heterocycles. The third-order valence-electron chi connectivity index (χ3n) is 5.93. The summed E-state index contributed by atoms with van der Waals surface area (Å²) in [5.41, 5.74) is 4.93. The van der Waals surface area contributed by atoms with Gasteiger partial charge in [0.2, 0.25) is 0 Å². The Morgan fingerprint density at radius 2 is 1.93 bits per heavy atom. The van der Waals surface area contributed by atoms with E-state index in [0.29, 0.717) is 16.9 Å². The van der Waals surface area contributed by atoms with Gasteiger partial charge in [0.1, 0.15) is 5.75 Å². The zero-order valence-electron chi connectivity index (χ0n) is 17.8. The van der Waals surface area contributed by atoms with E-state index >= 15 is 0 Å². The highest BCUT2D eigenvalue weighted by atomic mass is 16.5. The molecule has 154 valence electrons.